The van der Waals surface area contributed by atoms with Crippen LogP contribution in [0, 0.1) is 13.8 Å². The fraction of sp³-hybridized carbons (Fsp3) is 0.417. The van der Waals surface area contributed by atoms with E-state index in [2.05, 4.69) is 58.7 Å². The summed E-state index contributed by atoms with van der Waals surface area (Å²) in [7, 11) is 0. The first kappa shape index (κ1) is 21.1. The standard InChI is InChI=1S/C24H29N3OS2/c1-16-10-11-18-13-19(23(28)26-22(18)17(16)2)14-27(15-21-9-6-12-30-21)24(29)25-20-7-4-3-5-8-20/h6,9-13,20H,3-5,7-8,14-15H2,1-2H3,(H,25,29)(H,26,28). The van der Waals surface area contributed by atoms with Crippen LogP contribution in [0.1, 0.15) is 53.7 Å². The number of rotatable bonds is 5. The van der Waals surface area contributed by atoms with E-state index in [1.807, 2.05) is 6.07 Å². The summed E-state index contributed by atoms with van der Waals surface area (Å²) in [5, 5.41) is 7.47. The monoisotopic (exact) mass is 439 g/mol. The summed E-state index contributed by atoms with van der Waals surface area (Å²) < 4.78 is 0. The molecule has 30 heavy (non-hydrogen) atoms. The van der Waals surface area contributed by atoms with Gasteiger partial charge in [0.25, 0.3) is 5.56 Å². The minimum atomic E-state index is -0.0344. The van der Waals surface area contributed by atoms with E-state index in [4.69, 9.17) is 12.2 Å². The molecule has 0 atom stereocenters. The van der Waals surface area contributed by atoms with Crippen molar-refractivity contribution in [1.29, 1.82) is 0 Å². The molecule has 1 aromatic carbocycles. The van der Waals surface area contributed by atoms with Crippen LogP contribution in [0.5, 0.6) is 0 Å². The zero-order valence-electron chi connectivity index (χ0n) is 17.7. The number of aryl methyl sites for hydroxylation is 2. The average molecular weight is 440 g/mol. The molecule has 1 saturated carbocycles. The summed E-state index contributed by atoms with van der Waals surface area (Å²) in [4.78, 5) is 19.4. The molecule has 0 radical (unpaired) electrons. The molecule has 6 heteroatoms. The van der Waals surface area contributed by atoms with E-state index in [1.165, 1.54) is 42.5 Å². The Kier molecular flexibility index (Phi) is 6.54. The van der Waals surface area contributed by atoms with Crippen molar-refractivity contribution in [2.75, 3.05) is 0 Å². The number of aromatic nitrogens is 1. The maximum absolute atomic E-state index is 12.9. The van der Waals surface area contributed by atoms with Gasteiger partial charge in [0.1, 0.15) is 0 Å². The SMILES string of the molecule is Cc1ccc2cc(CN(Cc3cccs3)C(=S)NC3CCCCC3)c(=O)[nH]c2c1C. The Hall–Kier alpha value is -2.18. The van der Waals surface area contributed by atoms with E-state index in [0.717, 1.165) is 27.1 Å². The minimum Gasteiger partial charge on any atom is -0.360 e. The molecule has 2 N–H and O–H groups in total. The fourth-order valence-electron chi connectivity index (χ4n) is 4.20. The molecule has 0 aliphatic heterocycles. The topological polar surface area (TPSA) is 48.1 Å². The average Bonchev–Trinajstić information content (AvgIpc) is 3.25. The second kappa shape index (κ2) is 9.31. The van der Waals surface area contributed by atoms with E-state index >= 15 is 0 Å². The molecule has 1 aliphatic rings. The molecule has 4 nitrogen and oxygen atoms in total. The highest BCUT2D eigenvalue weighted by Crippen LogP contribution is 2.21. The van der Waals surface area contributed by atoms with Gasteiger partial charge in [-0.05, 0) is 72.9 Å². The van der Waals surface area contributed by atoms with Gasteiger partial charge in [-0.2, -0.15) is 0 Å². The fourth-order valence-corrected chi connectivity index (χ4v) is 5.21. The zero-order valence-corrected chi connectivity index (χ0v) is 19.3. The predicted molar refractivity (Wildman–Crippen MR) is 130 cm³/mol. The van der Waals surface area contributed by atoms with Crippen molar-refractivity contribution in [1.82, 2.24) is 15.2 Å². The first-order valence-corrected chi connectivity index (χ1v) is 12.0. The maximum Gasteiger partial charge on any atom is 0.253 e. The summed E-state index contributed by atoms with van der Waals surface area (Å²) >= 11 is 7.53. The second-order valence-electron chi connectivity index (χ2n) is 8.32. The number of hydrogen-bond acceptors (Lipinski definition) is 3. The van der Waals surface area contributed by atoms with Gasteiger partial charge in [0.2, 0.25) is 0 Å². The van der Waals surface area contributed by atoms with Crippen molar-refractivity contribution in [2.24, 2.45) is 0 Å². The molecule has 3 aromatic rings. The van der Waals surface area contributed by atoms with E-state index < -0.39 is 0 Å². The van der Waals surface area contributed by atoms with Gasteiger partial charge in [-0.1, -0.05) is 37.5 Å². The number of pyridine rings is 1. The summed E-state index contributed by atoms with van der Waals surface area (Å²) in [6.45, 7) is 5.33. The Labute approximate surface area is 187 Å². The smallest absolute Gasteiger partial charge is 0.253 e. The lowest BCUT2D eigenvalue weighted by molar-refractivity contribution is 0.364. The van der Waals surface area contributed by atoms with Crippen LogP contribution in [0.15, 0.2) is 40.5 Å². The van der Waals surface area contributed by atoms with Crippen LogP contribution in [0.25, 0.3) is 10.9 Å². The lowest BCUT2D eigenvalue weighted by Crippen LogP contribution is -2.45. The Bertz CT molecular complexity index is 1080. The number of thiocarbonyl (C=S) groups is 1. The Morgan fingerprint density at radius 2 is 2.00 bits per heavy atom. The molecule has 0 amide bonds. The highest BCUT2D eigenvalue weighted by Gasteiger charge is 2.19. The van der Waals surface area contributed by atoms with Crippen LogP contribution < -0.4 is 10.9 Å². The van der Waals surface area contributed by atoms with E-state index in [9.17, 15) is 4.79 Å². The number of H-pyrrole nitrogens is 1. The van der Waals surface area contributed by atoms with Crippen LogP contribution in [-0.4, -0.2) is 21.0 Å². The molecule has 0 spiro atoms. The van der Waals surface area contributed by atoms with Crippen LogP contribution in [0.2, 0.25) is 0 Å². The molecule has 1 fully saturated rings. The molecule has 0 saturated heterocycles. The molecule has 1 aliphatic carbocycles. The molecule has 158 valence electrons. The number of hydrogen-bond donors (Lipinski definition) is 2. The number of nitrogens with one attached hydrogen (secondary N) is 2. The van der Waals surface area contributed by atoms with E-state index in [1.54, 1.807) is 11.3 Å². The second-order valence-corrected chi connectivity index (χ2v) is 9.73. The number of fused-ring (bicyclic) bond motifs is 1. The molecule has 2 heterocycles. The normalized spacial score (nSPS) is 14.7. The predicted octanol–water partition coefficient (Wildman–Crippen LogP) is 5.42. The van der Waals surface area contributed by atoms with Crippen LogP contribution >= 0.6 is 23.6 Å². The maximum atomic E-state index is 12.9. The molecule has 2 aromatic heterocycles. The number of benzene rings is 1. The number of aromatic amines is 1. The van der Waals surface area contributed by atoms with Gasteiger partial charge in [0.15, 0.2) is 5.11 Å². The quantitative estimate of drug-likeness (QED) is 0.522. The highest BCUT2D eigenvalue weighted by molar-refractivity contribution is 7.80. The highest BCUT2D eigenvalue weighted by atomic mass is 32.1. The van der Waals surface area contributed by atoms with Crippen molar-refractivity contribution in [3.63, 3.8) is 0 Å². The number of thiophene rings is 1. The van der Waals surface area contributed by atoms with Crippen LogP contribution in [-0.2, 0) is 13.1 Å². The first-order valence-electron chi connectivity index (χ1n) is 10.7. The van der Waals surface area contributed by atoms with Gasteiger partial charge in [0, 0.05) is 16.5 Å². The largest absolute Gasteiger partial charge is 0.360 e. The summed E-state index contributed by atoms with van der Waals surface area (Å²) in [6.07, 6.45) is 6.17. The molecule has 0 unspecified atom stereocenters. The Balaban J connectivity index is 1.60. The first-order chi connectivity index (χ1) is 14.5. The van der Waals surface area contributed by atoms with Crippen LogP contribution in [0.4, 0.5) is 0 Å². The third-order valence-electron chi connectivity index (χ3n) is 6.14. The van der Waals surface area contributed by atoms with Gasteiger partial charge < -0.3 is 15.2 Å². The van der Waals surface area contributed by atoms with Crippen molar-refractivity contribution in [3.05, 3.63) is 67.6 Å². The molecule has 4 rings (SSSR count). The minimum absolute atomic E-state index is 0.0344. The van der Waals surface area contributed by atoms with E-state index in [-0.39, 0.29) is 5.56 Å². The van der Waals surface area contributed by atoms with Crippen molar-refractivity contribution >= 4 is 39.6 Å². The molecule has 0 bridgehead atoms. The van der Waals surface area contributed by atoms with Gasteiger partial charge in [-0.3, -0.25) is 4.79 Å². The third kappa shape index (κ3) is 4.76. The third-order valence-corrected chi connectivity index (χ3v) is 7.37. The lowest BCUT2D eigenvalue weighted by atomic mass is 9.96. The zero-order chi connectivity index (χ0) is 21.1. The Morgan fingerprint density at radius 3 is 2.73 bits per heavy atom. The van der Waals surface area contributed by atoms with E-state index in [0.29, 0.717) is 19.1 Å². The van der Waals surface area contributed by atoms with Crippen molar-refractivity contribution in [3.8, 4) is 0 Å². The van der Waals surface area contributed by atoms with Crippen molar-refractivity contribution < 1.29 is 0 Å². The molecular formula is C24H29N3OS2. The lowest BCUT2D eigenvalue weighted by Gasteiger charge is -2.30. The Morgan fingerprint density at radius 1 is 1.20 bits per heavy atom. The van der Waals surface area contributed by atoms with Gasteiger partial charge in [-0.25, -0.2) is 0 Å². The van der Waals surface area contributed by atoms with Gasteiger partial charge in [-0.15, -0.1) is 11.3 Å². The van der Waals surface area contributed by atoms with Gasteiger partial charge >= 0.3 is 0 Å². The van der Waals surface area contributed by atoms with Crippen LogP contribution in [0.3, 0.4) is 0 Å². The summed E-state index contributed by atoms with van der Waals surface area (Å²) in [5.41, 5.74) is 3.95. The summed E-state index contributed by atoms with van der Waals surface area (Å²) in [6, 6.07) is 10.8. The van der Waals surface area contributed by atoms with Gasteiger partial charge in [0.05, 0.1) is 18.6 Å². The van der Waals surface area contributed by atoms with Crippen molar-refractivity contribution in [2.45, 2.75) is 65.1 Å². The summed E-state index contributed by atoms with van der Waals surface area (Å²) in [5.74, 6) is 0. The number of nitrogens with zero attached hydrogens (tertiary/aromatic N) is 1. The molecular weight excluding hydrogens is 410 g/mol.